The highest BCUT2D eigenvalue weighted by molar-refractivity contribution is 5.43. The fourth-order valence-corrected chi connectivity index (χ4v) is 2.08. The average molecular weight is 193 g/mol. The Balaban J connectivity index is 2.55. The van der Waals surface area contributed by atoms with E-state index >= 15 is 0 Å². The van der Waals surface area contributed by atoms with Gasteiger partial charge in [0, 0.05) is 17.3 Å². The van der Waals surface area contributed by atoms with E-state index in [9.17, 15) is 5.11 Å². The summed E-state index contributed by atoms with van der Waals surface area (Å²) in [5, 5.41) is 9.75. The summed E-state index contributed by atoms with van der Waals surface area (Å²) in [6, 6.07) is 0. The van der Waals surface area contributed by atoms with E-state index in [2.05, 4.69) is 4.98 Å². The second-order valence-corrected chi connectivity index (χ2v) is 3.75. The molecule has 3 heteroatoms. The largest absolute Gasteiger partial charge is 0.496 e. The molecular weight excluding hydrogens is 178 g/mol. The predicted octanol–water partition coefficient (Wildman–Crippen LogP) is 1.77. The summed E-state index contributed by atoms with van der Waals surface area (Å²) in [7, 11) is 1.67. The molecular formula is C11H15NO2. The molecule has 0 amide bonds. The summed E-state index contributed by atoms with van der Waals surface area (Å²) < 4.78 is 5.34. The maximum Gasteiger partial charge on any atom is 0.128 e. The molecule has 0 spiro atoms. The smallest absolute Gasteiger partial charge is 0.128 e. The van der Waals surface area contributed by atoms with Gasteiger partial charge in [-0.25, -0.2) is 0 Å². The lowest BCUT2D eigenvalue weighted by Crippen LogP contribution is -2.13. The summed E-state index contributed by atoms with van der Waals surface area (Å²) in [5.41, 5.74) is 2.94. The Morgan fingerprint density at radius 2 is 2.36 bits per heavy atom. The van der Waals surface area contributed by atoms with Gasteiger partial charge in [0.2, 0.25) is 0 Å². The van der Waals surface area contributed by atoms with Gasteiger partial charge >= 0.3 is 0 Å². The van der Waals surface area contributed by atoms with Crippen molar-refractivity contribution >= 4 is 0 Å². The maximum atomic E-state index is 9.75. The lowest BCUT2D eigenvalue weighted by Gasteiger charge is -2.22. The SMILES string of the molecule is COc1c(C)cnc2c1CCCC2O. The Hall–Kier alpha value is -1.09. The quantitative estimate of drug-likeness (QED) is 0.739. The van der Waals surface area contributed by atoms with Crippen LogP contribution in [0.1, 0.15) is 35.8 Å². The molecule has 1 aliphatic rings. The highest BCUT2D eigenvalue weighted by Crippen LogP contribution is 2.35. The summed E-state index contributed by atoms with van der Waals surface area (Å²) >= 11 is 0. The van der Waals surface area contributed by atoms with Gasteiger partial charge in [-0.3, -0.25) is 4.98 Å². The predicted molar refractivity (Wildman–Crippen MR) is 53.4 cm³/mol. The Labute approximate surface area is 83.7 Å². The van der Waals surface area contributed by atoms with Crippen molar-refractivity contribution in [2.75, 3.05) is 7.11 Å². The molecule has 0 fully saturated rings. The third kappa shape index (κ3) is 1.38. The lowest BCUT2D eigenvalue weighted by molar-refractivity contribution is 0.150. The number of aliphatic hydroxyl groups excluding tert-OH is 1. The molecule has 2 rings (SSSR count). The molecule has 3 nitrogen and oxygen atoms in total. The van der Waals surface area contributed by atoms with Gasteiger partial charge in [0.15, 0.2) is 0 Å². The van der Waals surface area contributed by atoms with Crippen LogP contribution in [0.25, 0.3) is 0 Å². The fraction of sp³-hybridized carbons (Fsp3) is 0.545. The summed E-state index contributed by atoms with van der Waals surface area (Å²) in [4.78, 5) is 4.28. The molecule has 1 heterocycles. The molecule has 1 N–H and O–H groups in total. The topological polar surface area (TPSA) is 42.4 Å². The van der Waals surface area contributed by atoms with E-state index in [1.54, 1.807) is 13.3 Å². The van der Waals surface area contributed by atoms with E-state index in [0.717, 1.165) is 41.8 Å². The summed E-state index contributed by atoms with van der Waals surface area (Å²) in [6.07, 6.45) is 4.14. The van der Waals surface area contributed by atoms with Gasteiger partial charge in [0.1, 0.15) is 5.75 Å². The van der Waals surface area contributed by atoms with Crippen molar-refractivity contribution in [2.45, 2.75) is 32.3 Å². The zero-order valence-corrected chi connectivity index (χ0v) is 8.58. The van der Waals surface area contributed by atoms with Gasteiger partial charge in [-0.1, -0.05) is 0 Å². The van der Waals surface area contributed by atoms with Crippen molar-refractivity contribution in [3.63, 3.8) is 0 Å². The van der Waals surface area contributed by atoms with E-state index in [-0.39, 0.29) is 0 Å². The monoisotopic (exact) mass is 193 g/mol. The minimum absolute atomic E-state index is 0.409. The maximum absolute atomic E-state index is 9.75. The average Bonchev–Trinajstić information content (AvgIpc) is 2.18. The first kappa shape index (κ1) is 9.46. The Kier molecular flexibility index (Phi) is 2.42. The number of hydrogen-bond donors (Lipinski definition) is 1. The Bertz CT molecular complexity index is 349. The van der Waals surface area contributed by atoms with Crippen molar-refractivity contribution in [2.24, 2.45) is 0 Å². The molecule has 1 aliphatic carbocycles. The highest BCUT2D eigenvalue weighted by Gasteiger charge is 2.23. The number of fused-ring (bicyclic) bond motifs is 1. The summed E-state index contributed by atoms with van der Waals surface area (Å²) in [5.74, 6) is 0.897. The van der Waals surface area contributed by atoms with E-state index in [1.165, 1.54) is 0 Å². The van der Waals surface area contributed by atoms with Crippen molar-refractivity contribution in [1.29, 1.82) is 0 Å². The van der Waals surface area contributed by atoms with Crippen LogP contribution in [0, 0.1) is 6.92 Å². The highest BCUT2D eigenvalue weighted by atomic mass is 16.5. The van der Waals surface area contributed by atoms with Gasteiger partial charge in [-0.2, -0.15) is 0 Å². The second-order valence-electron chi connectivity index (χ2n) is 3.75. The molecule has 0 saturated heterocycles. The minimum atomic E-state index is -0.409. The molecule has 0 aromatic carbocycles. The first-order valence-electron chi connectivity index (χ1n) is 4.94. The molecule has 1 atom stereocenters. The van der Waals surface area contributed by atoms with Gasteiger partial charge in [0.05, 0.1) is 18.9 Å². The first-order chi connectivity index (χ1) is 6.74. The van der Waals surface area contributed by atoms with E-state index < -0.39 is 6.10 Å². The van der Waals surface area contributed by atoms with Gasteiger partial charge in [-0.05, 0) is 26.2 Å². The van der Waals surface area contributed by atoms with Crippen LogP contribution >= 0.6 is 0 Å². The van der Waals surface area contributed by atoms with Crippen LogP contribution in [0.5, 0.6) is 5.75 Å². The standard InChI is InChI=1S/C11H15NO2/c1-7-6-12-10-8(11(7)14-2)4-3-5-9(10)13/h6,9,13H,3-5H2,1-2H3. The van der Waals surface area contributed by atoms with Crippen molar-refractivity contribution in [1.82, 2.24) is 4.98 Å². The third-order valence-corrected chi connectivity index (χ3v) is 2.76. The Morgan fingerprint density at radius 3 is 3.07 bits per heavy atom. The number of aromatic nitrogens is 1. The van der Waals surface area contributed by atoms with Gasteiger partial charge in [-0.15, -0.1) is 0 Å². The molecule has 1 aromatic rings. The lowest BCUT2D eigenvalue weighted by atomic mass is 9.92. The van der Waals surface area contributed by atoms with Crippen molar-refractivity contribution in [3.05, 3.63) is 23.0 Å². The third-order valence-electron chi connectivity index (χ3n) is 2.76. The van der Waals surface area contributed by atoms with E-state index in [0.29, 0.717) is 0 Å². The normalized spacial score (nSPS) is 20.4. The zero-order valence-electron chi connectivity index (χ0n) is 8.58. The molecule has 0 saturated carbocycles. The Morgan fingerprint density at radius 1 is 1.57 bits per heavy atom. The van der Waals surface area contributed by atoms with Crippen LogP contribution in [-0.2, 0) is 6.42 Å². The van der Waals surface area contributed by atoms with Crippen LogP contribution in [0.2, 0.25) is 0 Å². The number of hydrogen-bond acceptors (Lipinski definition) is 3. The molecule has 0 radical (unpaired) electrons. The van der Waals surface area contributed by atoms with E-state index in [4.69, 9.17) is 4.74 Å². The van der Waals surface area contributed by atoms with Crippen LogP contribution < -0.4 is 4.74 Å². The van der Waals surface area contributed by atoms with Crippen LogP contribution in [0.15, 0.2) is 6.20 Å². The molecule has 76 valence electrons. The van der Waals surface area contributed by atoms with Crippen LogP contribution in [0.3, 0.4) is 0 Å². The number of rotatable bonds is 1. The number of ether oxygens (including phenoxy) is 1. The number of pyridine rings is 1. The molecule has 0 bridgehead atoms. The number of nitrogens with zero attached hydrogens (tertiary/aromatic N) is 1. The molecule has 14 heavy (non-hydrogen) atoms. The van der Waals surface area contributed by atoms with Crippen LogP contribution in [0.4, 0.5) is 0 Å². The number of aryl methyl sites for hydroxylation is 1. The van der Waals surface area contributed by atoms with Gasteiger partial charge in [0.25, 0.3) is 0 Å². The number of aliphatic hydroxyl groups is 1. The number of methoxy groups -OCH3 is 1. The fourth-order valence-electron chi connectivity index (χ4n) is 2.08. The first-order valence-corrected chi connectivity index (χ1v) is 4.94. The van der Waals surface area contributed by atoms with Crippen LogP contribution in [-0.4, -0.2) is 17.2 Å². The van der Waals surface area contributed by atoms with Crippen molar-refractivity contribution < 1.29 is 9.84 Å². The molecule has 1 unspecified atom stereocenters. The molecule has 1 aromatic heterocycles. The van der Waals surface area contributed by atoms with Gasteiger partial charge < -0.3 is 9.84 Å². The molecule has 0 aliphatic heterocycles. The van der Waals surface area contributed by atoms with E-state index in [1.807, 2.05) is 6.92 Å². The summed E-state index contributed by atoms with van der Waals surface area (Å²) in [6.45, 7) is 1.98. The minimum Gasteiger partial charge on any atom is -0.496 e. The second kappa shape index (κ2) is 3.58. The zero-order chi connectivity index (χ0) is 10.1. The van der Waals surface area contributed by atoms with Crippen molar-refractivity contribution in [3.8, 4) is 5.75 Å².